The zero-order valence-electron chi connectivity index (χ0n) is 22.4. The molecule has 10 heteroatoms. The van der Waals surface area contributed by atoms with Gasteiger partial charge in [0.05, 0.1) is 24.4 Å². The van der Waals surface area contributed by atoms with Gasteiger partial charge >= 0.3 is 5.97 Å². The van der Waals surface area contributed by atoms with Gasteiger partial charge in [-0.25, -0.2) is 8.42 Å². The average Bonchev–Trinajstić information content (AvgIpc) is 3.36. The zero-order valence-corrected chi connectivity index (χ0v) is 24.1. The van der Waals surface area contributed by atoms with E-state index in [1.54, 1.807) is 31.2 Å². The highest BCUT2D eigenvalue weighted by Gasteiger charge is 2.35. The number of rotatable bonds is 9. The first-order valence-electron chi connectivity index (χ1n) is 12.7. The van der Waals surface area contributed by atoms with Crippen molar-refractivity contribution < 1.29 is 32.6 Å². The monoisotopic (exact) mass is 571 g/mol. The molecule has 2 aromatic carbocycles. The van der Waals surface area contributed by atoms with E-state index in [-0.39, 0.29) is 54.4 Å². The summed E-state index contributed by atoms with van der Waals surface area (Å²) < 4.78 is 39.9. The van der Waals surface area contributed by atoms with Crippen molar-refractivity contribution in [1.29, 1.82) is 0 Å². The summed E-state index contributed by atoms with van der Waals surface area (Å²) in [5.41, 5.74) is 2.50. The second-order valence-electron chi connectivity index (χ2n) is 9.73. The number of methoxy groups -OCH3 is 1. The Morgan fingerprint density at radius 1 is 1.18 bits per heavy atom. The Morgan fingerprint density at radius 3 is 2.59 bits per heavy atom. The number of sulfonamides is 1. The maximum Gasteiger partial charge on any atom is 0.309 e. The van der Waals surface area contributed by atoms with Crippen molar-refractivity contribution in [2.45, 2.75) is 50.7 Å². The van der Waals surface area contributed by atoms with Crippen LogP contribution in [0.1, 0.15) is 57.4 Å². The van der Waals surface area contributed by atoms with Crippen LogP contribution < -0.4 is 4.74 Å². The maximum atomic E-state index is 13.7. The van der Waals surface area contributed by atoms with Crippen LogP contribution in [0.2, 0.25) is 0 Å². The van der Waals surface area contributed by atoms with Gasteiger partial charge in [-0.1, -0.05) is 37.3 Å². The molecule has 208 valence electrons. The summed E-state index contributed by atoms with van der Waals surface area (Å²) in [6.45, 7) is 5.24. The van der Waals surface area contributed by atoms with E-state index in [0.717, 1.165) is 21.6 Å². The van der Waals surface area contributed by atoms with E-state index in [1.807, 2.05) is 31.2 Å². The van der Waals surface area contributed by atoms with Gasteiger partial charge in [-0.15, -0.1) is 11.3 Å². The molecule has 0 saturated carbocycles. The molecule has 3 atom stereocenters. The molecule has 0 spiro atoms. The van der Waals surface area contributed by atoms with Gasteiger partial charge in [0.15, 0.2) is 5.78 Å². The van der Waals surface area contributed by atoms with E-state index >= 15 is 0 Å². The standard InChI is InChI=1S/C29H33NO7S2/c1-18-9-10-21(28(19(2)29(33)36-4)26-12-11-25(38-26)20(3)32)15-22(18)16-30-17-23(13-14-31)37-24-7-5-6-8-27(24)39(30,34)35/h5-12,15,19,23,28,31H,13-14,16-17H2,1-4H3. The van der Waals surface area contributed by atoms with Crippen LogP contribution in [0.25, 0.3) is 0 Å². The maximum absolute atomic E-state index is 13.7. The SMILES string of the molecule is COC(=O)C(C)C(c1ccc(C)c(CN2CC(CCO)Oc3ccccc3S2(=O)=O)c1)c1ccc(C(C)=O)s1. The van der Waals surface area contributed by atoms with E-state index < -0.39 is 22.0 Å². The van der Waals surface area contributed by atoms with Crippen LogP contribution in [0.5, 0.6) is 5.75 Å². The molecule has 2 heterocycles. The number of thiophene rings is 1. The van der Waals surface area contributed by atoms with Crippen LogP contribution in [0.4, 0.5) is 0 Å². The third-order valence-corrected chi connectivity index (χ3v) is 10.2. The number of fused-ring (bicyclic) bond motifs is 1. The average molecular weight is 572 g/mol. The number of carbonyl (C=O) groups excluding carboxylic acids is 2. The Morgan fingerprint density at radius 2 is 1.92 bits per heavy atom. The highest BCUT2D eigenvalue weighted by atomic mass is 32.2. The lowest BCUT2D eigenvalue weighted by atomic mass is 9.84. The topological polar surface area (TPSA) is 110 Å². The number of hydrogen-bond donors (Lipinski definition) is 1. The summed E-state index contributed by atoms with van der Waals surface area (Å²) in [4.78, 5) is 26.2. The minimum atomic E-state index is -3.89. The molecule has 0 aliphatic carbocycles. The predicted octanol–water partition coefficient (Wildman–Crippen LogP) is 4.53. The molecule has 1 aliphatic heterocycles. The molecule has 1 aromatic heterocycles. The summed E-state index contributed by atoms with van der Waals surface area (Å²) in [5, 5.41) is 9.56. The summed E-state index contributed by atoms with van der Waals surface area (Å²) in [6, 6.07) is 15.9. The quantitative estimate of drug-likeness (QED) is 0.297. The first kappa shape index (κ1) is 28.9. The van der Waals surface area contributed by atoms with Crippen molar-refractivity contribution >= 4 is 33.1 Å². The number of esters is 1. The third-order valence-electron chi connectivity index (χ3n) is 7.05. The number of aryl methyl sites for hydroxylation is 1. The lowest BCUT2D eigenvalue weighted by molar-refractivity contribution is -0.145. The number of Topliss-reactive ketones (excluding diaryl/α,β-unsaturated/α-hetero) is 1. The van der Waals surface area contributed by atoms with Crippen molar-refractivity contribution in [3.63, 3.8) is 0 Å². The van der Waals surface area contributed by atoms with Gasteiger partial charge < -0.3 is 14.6 Å². The van der Waals surface area contributed by atoms with E-state index in [0.29, 0.717) is 4.88 Å². The molecular weight excluding hydrogens is 538 g/mol. The second-order valence-corrected chi connectivity index (χ2v) is 12.8. The molecule has 3 aromatic rings. The van der Waals surface area contributed by atoms with Crippen LogP contribution >= 0.6 is 11.3 Å². The highest BCUT2D eigenvalue weighted by Crippen LogP contribution is 2.39. The van der Waals surface area contributed by atoms with Crippen LogP contribution in [-0.2, 0) is 26.1 Å². The van der Waals surface area contributed by atoms with E-state index in [4.69, 9.17) is 9.47 Å². The minimum absolute atomic E-state index is 0.0494. The molecule has 3 unspecified atom stereocenters. The minimum Gasteiger partial charge on any atom is -0.488 e. The van der Waals surface area contributed by atoms with E-state index in [1.165, 1.54) is 35.7 Å². The molecule has 0 amide bonds. The van der Waals surface area contributed by atoms with Gasteiger partial charge in [-0.3, -0.25) is 9.59 Å². The summed E-state index contributed by atoms with van der Waals surface area (Å²) in [7, 11) is -2.55. The number of hydrogen-bond acceptors (Lipinski definition) is 8. The van der Waals surface area contributed by atoms with Crippen LogP contribution in [-0.4, -0.2) is 55.9 Å². The van der Waals surface area contributed by atoms with Gasteiger partial charge in [0.25, 0.3) is 0 Å². The molecule has 39 heavy (non-hydrogen) atoms. The third kappa shape index (κ3) is 6.09. The number of benzene rings is 2. The number of aliphatic hydroxyl groups excluding tert-OH is 1. The van der Waals surface area contributed by atoms with Gasteiger partial charge in [0.2, 0.25) is 10.0 Å². The Hall–Kier alpha value is -3.05. The van der Waals surface area contributed by atoms with Gasteiger partial charge in [-0.05, 0) is 54.8 Å². The normalized spacial score (nSPS) is 18.3. The molecule has 0 saturated heterocycles. The van der Waals surface area contributed by atoms with Gasteiger partial charge in [0.1, 0.15) is 16.7 Å². The Bertz CT molecular complexity index is 1460. The van der Waals surface area contributed by atoms with Gasteiger partial charge in [-0.2, -0.15) is 4.31 Å². The van der Waals surface area contributed by atoms with Crippen LogP contribution in [0.3, 0.4) is 0 Å². The smallest absolute Gasteiger partial charge is 0.309 e. The summed E-state index contributed by atoms with van der Waals surface area (Å²) in [6.07, 6.45) is -0.227. The van der Waals surface area contributed by atoms with Crippen molar-refractivity contribution in [2.75, 3.05) is 20.3 Å². The van der Waals surface area contributed by atoms with Crippen LogP contribution in [0.15, 0.2) is 59.5 Å². The largest absolute Gasteiger partial charge is 0.488 e. The zero-order chi connectivity index (χ0) is 28.3. The summed E-state index contributed by atoms with van der Waals surface area (Å²) >= 11 is 1.34. The van der Waals surface area contributed by atoms with Crippen molar-refractivity contribution in [2.24, 2.45) is 5.92 Å². The number of nitrogens with zero attached hydrogens (tertiary/aromatic N) is 1. The predicted molar refractivity (Wildman–Crippen MR) is 149 cm³/mol. The van der Waals surface area contributed by atoms with Crippen molar-refractivity contribution in [3.05, 3.63) is 81.0 Å². The van der Waals surface area contributed by atoms with Gasteiger partial charge in [0, 0.05) is 30.4 Å². The molecular formula is C29H33NO7S2. The highest BCUT2D eigenvalue weighted by molar-refractivity contribution is 7.89. The molecule has 0 fully saturated rings. The number of para-hydroxylation sites is 1. The molecule has 1 N–H and O–H groups in total. The lowest BCUT2D eigenvalue weighted by Gasteiger charge is -2.26. The van der Waals surface area contributed by atoms with E-state index in [2.05, 4.69) is 0 Å². The number of carbonyl (C=O) groups is 2. The molecule has 4 rings (SSSR count). The molecule has 0 bridgehead atoms. The fraction of sp³-hybridized carbons (Fsp3) is 0.379. The molecule has 8 nitrogen and oxygen atoms in total. The van der Waals surface area contributed by atoms with Crippen molar-refractivity contribution in [3.8, 4) is 5.75 Å². The summed E-state index contributed by atoms with van der Waals surface area (Å²) in [5.74, 6) is -1.08. The van der Waals surface area contributed by atoms with Crippen LogP contribution in [0, 0.1) is 12.8 Å². The lowest BCUT2D eigenvalue weighted by Crippen LogP contribution is -2.37. The van der Waals surface area contributed by atoms with Crippen molar-refractivity contribution in [1.82, 2.24) is 4.31 Å². The Kier molecular flexibility index (Phi) is 8.90. The molecule has 1 aliphatic rings. The first-order valence-corrected chi connectivity index (χ1v) is 15.0. The number of ketones is 1. The number of aliphatic hydroxyl groups is 1. The Balaban J connectivity index is 1.76. The number of ether oxygens (including phenoxy) is 2. The second kappa shape index (κ2) is 12.0. The fourth-order valence-corrected chi connectivity index (χ4v) is 7.57. The fourth-order valence-electron chi connectivity index (χ4n) is 4.86. The van der Waals surface area contributed by atoms with E-state index in [9.17, 15) is 23.1 Å². The molecule has 0 radical (unpaired) electrons. The first-order chi connectivity index (χ1) is 18.6. The Labute approximate surface area is 233 Å².